The van der Waals surface area contributed by atoms with E-state index in [-0.39, 0.29) is 6.04 Å². The van der Waals surface area contributed by atoms with E-state index < -0.39 is 7.92 Å². The minimum Gasteiger partial charge on any atom is -0.340 e. The third-order valence-electron chi connectivity index (χ3n) is 11.9. The molecular formula is C59H42N3P. The van der Waals surface area contributed by atoms with Crippen molar-refractivity contribution in [1.29, 1.82) is 0 Å². The average molecular weight is 824 g/mol. The molecule has 0 saturated heterocycles. The van der Waals surface area contributed by atoms with Crippen LogP contribution in [-0.2, 0) is 0 Å². The second-order valence-electron chi connectivity index (χ2n) is 15.8. The maximum atomic E-state index is 5.35. The zero-order valence-corrected chi connectivity index (χ0v) is 35.4. The van der Waals surface area contributed by atoms with E-state index in [0.717, 1.165) is 66.9 Å². The van der Waals surface area contributed by atoms with Gasteiger partial charge in [0.05, 0.1) is 17.3 Å². The van der Waals surface area contributed by atoms with Crippen LogP contribution < -0.4 is 21.2 Å². The minimum atomic E-state index is -0.707. The lowest BCUT2D eigenvalue weighted by Gasteiger charge is -2.24. The first kappa shape index (κ1) is 38.2. The van der Waals surface area contributed by atoms with Crippen LogP contribution >= 0.6 is 7.92 Å². The van der Waals surface area contributed by atoms with E-state index in [2.05, 4.69) is 248 Å². The lowest BCUT2D eigenvalue weighted by atomic mass is 9.91. The Bertz CT molecular complexity index is 3240. The molecule has 1 N–H and O–H groups in total. The van der Waals surface area contributed by atoms with E-state index in [1.165, 1.54) is 32.4 Å². The van der Waals surface area contributed by atoms with Gasteiger partial charge in [-0.3, -0.25) is 4.99 Å². The topological polar surface area (TPSA) is 37.3 Å². The molecule has 0 saturated carbocycles. The second-order valence-corrected chi connectivity index (χ2v) is 18.0. The Morgan fingerprint density at radius 1 is 0.397 bits per heavy atom. The SMILES string of the molecule is C1=C(c2ccc(P(c3ccccc3)c3ccccc3)cc2)NC(c2ccccc2)=NC1c1cccc(-c2ccc3nc(-c4ccccc4)c4cccc(-c5ccccc5)c4c3c2)c1. The van der Waals surface area contributed by atoms with Crippen LogP contribution in [0.4, 0.5) is 0 Å². The van der Waals surface area contributed by atoms with Gasteiger partial charge >= 0.3 is 0 Å². The summed E-state index contributed by atoms with van der Waals surface area (Å²) in [6.45, 7) is 0. The summed E-state index contributed by atoms with van der Waals surface area (Å²) in [4.78, 5) is 10.7. The Morgan fingerprint density at radius 2 is 0.937 bits per heavy atom. The monoisotopic (exact) mass is 823 g/mol. The highest BCUT2D eigenvalue weighted by atomic mass is 31.1. The van der Waals surface area contributed by atoms with Crippen LogP contribution in [0.15, 0.2) is 248 Å². The first-order chi connectivity index (χ1) is 31.2. The molecule has 0 spiro atoms. The molecule has 4 heteroatoms. The molecule has 0 aliphatic carbocycles. The smallest absolute Gasteiger partial charge is 0.133 e. The maximum absolute atomic E-state index is 5.35. The van der Waals surface area contributed by atoms with Crippen molar-refractivity contribution in [3.63, 3.8) is 0 Å². The summed E-state index contributed by atoms with van der Waals surface area (Å²) in [6, 6.07) is 84.5. The van der Waals surface area contributed by atoms with Gasteiger partial charge in [-0.05, 0) is 81.5 Å². The van der Waals surface area contributed by atoms with Crippen LogP contribution in [0.25, 0.3) is 60.9 Å². The molecule has 3 nitrogen and oxygen atoms in total. The summed E-state index contributed by atoms with van der Waals surface area (Å²) in [5.41, 5.74) is 12.1. The van der Waals surface area contributed by atoms with E-state index in [1.807, 2.05) is 0 Å². The van der Waals surface area contributed by atoms with Gasteiger partial charge in [0.25, 0.3) is 0 Å². The first-order valence-corrected chi connectivity index (χ1v) is 22.8. The summed E-state index contributed by atoms with van der Waals surface area (Å²) >= 11 is 0. The molecule has 298 valence electrons. The molecule has 0 fully saturated rings. The number of benzene rings is 9. The molecule has 0 bridgehead atoms. The van der Waals surface area contributed by atoms with Crippen LogP contribution in [0, 0.1) is 0 Å². The van der Waals surface area contributed by atoms with E-state index in [9.17, 15) is 0 Å². The van der Waals surface area contributed by atoms with Crippen LogP contribution in [0.5, 0.6) is 0 Å². The van der Waals surface area contributed by atoms with Gasteiger partial charge in [-0.25, -0.2) is 4.98 Å². The van der Waals surface area contributed by atoms with E-state index in [1.54, 1.807) is 0 Å². The second kappa shape index (κ2) is 17.0. The molecule has 0 amide bonds. The molecule has 63 heavy (non-hydrogen) atoms. The Hall–Kier alpha value is -7.71. The number of amidine groups is 1. The first-order valence-electron chi connectivity index (χ1n) is 21.4. The lowest BCUT2D eigenvalue weighted by Crippen LogP contribution is -2.28. The summed E-state index contributed by atoms with van der Waals surface area (Å²) < 4.78 is 0. The molecule has 1 unspecified atom stereocenters. The third-order valence-corrected chi connectivity index (χ3v) is 14.3. The molecule has 0 radical (unpaired) electrons. The summed E-state index contributed by atoms with van der Waals surface area (Å²) in [7, 11) is -0.707. The highest BCUT2D eigenvalue weighted by molar-refractivity contribution is 7.79. The number of nitrogens with zero attached hydrogens (tertiary/aromatic N) is 2. The normalized spacial score (nSPS) is 13.7. The minimum absolute atomic E-state index is 0.206. The molecule has 10 aromatic rings. The zero-order valence-electron chi connectivity index (χ0n) is 34.5. The predicted octanol–water partition coefficient (Wildman–Crippen LogP) is 13.3. The molecule has 1 atom stereocenters. The number of hydrogen-bond donors (Lipinski definition) is 1. The van der Waals surface area contributed by atoms with E-state index in [4.69, 9.17) is 9.98 Å². The molecular weight excluding hydrogens is 782 g/mol. The highest BCUT2D eigenvalue weighted by Gasteiger charge is 2.22. The Balaban J connectivity index is 0.998. The van der Waals surface area contributed by atoms with Crippen molar-refractivity contribution in [3.05, 3.63) is 259 Å². The summed E-state index contributed by atoms with van der Waals surface area (Å²) in [6.07, 6.45) is 2.27. The molecule has 1 aliphatic rings. The van der Waals surface area contributed by atoms with Crippen molar-refractivity contribution in [2.45, 2.75) is 6.04 Å². The van der Waals surface area contributed by atoms with Gasteiger partial charge in [-0.1, -0.05) is 218 Å². The fraction of sp³-hybridized carbons (Fsp3) is 0.0169. The van der Waals surface area contributed by atoms with Crippen molar-refractivity contribution in [2.24, 2.45) is 4.99 Å². The highest BCUT2D eigenvalue weighted by Crippen LogP contribution is 2.41. The summed E-state index contributed by atoms with van der Waals surface area (Å²) in [5.74, 6) is 0.856. The van der Waals surface area contributed by atoms with Gasteiger partial charge in [0.2, 0.25) is 0 Å². The van der Waals surface area contributed by atoms with E-state index >= 15 is 0 Å². The van der Waals surface area contributed by atoms with Crippen molar-refractivity contribution >= 4 is 57.0 Å². The van der Waals surface area contributed by atoms with Crippen LogP contribution in [0.2, 0.25) is 0 Å². The zero-order chi connectivity index (χ0) is 42.0. The molecule has 11 rings (SSSR count). The van der Waals surface area contributed by atoms with Gasteiger partial charge in [0, 0.05) is 33.0 Å². The Kier molecular flexibility index (Phi) is 10.3. The Labute approximate surface area is 369 Å². The number of nitrogens with one attached hydrogen (secondary N) is 1. The molecule has 2 heterocycles. The number of pyridine rings is 1. The lowest BCUT2D eigenvalue weighted by molar-refractivity contribution is 0.881. The van der Waals surface area contributed by atoms with Crippen molar-refractivity contribution in [1.82, 2.24) is 10.3 Å². The predicted molar refractivity (Wildman–Crippen MR) is 268 cm³/mol. The van der Waals surface area contributed by atoms with Crippen LogP contribution in [-0.4, -0.2) is 10.8 Å². The van der Waals surface area contributed by atoms with Crippen molar-refractivity contribution < 1.29 is 0 Å². The number of aliphatic imine (C=N–C) groups is 1. The number of aromatic nitrogens is 1. The summed E-state index contributed by atoms with van der Waals surface area (Å²) in [5, 5.41) is 11.2. The van der Waals surface area contributed by atoms with Crippen LogP contribution in [0.3, 0.4) is 0 Å². The van der Waals surface area contributed by atoms with Gasteiger partial charge in [0.1, 0.15) is 5.84 Å². The fourth-order valence-corrected chi connectivity index (χ4v) is 11.1. The molecule has 1 aromatic heterocycles. The average Bonchev–Trinajstić information content (AvgIpc) is 3.37. The largest absolute Gasteiger partial charge is 0.340 e. The van der Waals surface area contributed by atoms with Gasteiger partial charge < -0.3 is 5.32 Å². The third kappa shape index (κ3) is 7.65. The van der Waals surface area contributed by atoms with Gasteiger partial charge in [0.15, 0.2) is 0 Å². The standard InChI is InChI=1S/C59H42N3P/c1-6-18-41(19-7-1)51-30-17-31-52-57(51)53-39-46(34-37-54(53)60-58(52)43-20-8-2-9-21-43)45-24-16-25-47(38-45)56-40-55(61-59(62-56)44-22-10-3-11-23-44)42-32-35-50(36-33-42)63(48-26-12-4-13-27-48)49-28-14-5-15-29-49/h1-40,56H,(H,61,62). The number of rotatable bonds is 9. The van der Waals surface area contributed by atoms with Crippen molar-refractivity contribution in [2.75, 3.05) is 0 Å². The Morgan fingerprint density at radius 3 is 1.60 bits per heavy atom. The fourth-order valence-electron chi connectivity index (χ4n) is 8.82. The number of fused-ring (bicyclic) bond motifs is 3. The van der Waals surface area contributed by atoms with Gasteiger partial charge in [-0.2, -0.15) is 0 Å². The molecule has 1 aliphatic heterocycles. The number of hydrogen-bond acceptors (Lipinski definition) is 3. The molecule has 9 aromatic carbocycles. The quantitative estimate of drug-likeness (QED) is 0.116. The van der Waals surface area contributed by atoms with Crippen LogP contribution in [0.1, 0.15) is 22.7 Å². The van der Waals surface area contributed by atoms with Gasteiger partial charge in [-0.15, -0.1) is 0 Å². The van der Waals surface area contributed by atoms with Crippen molar-refractivity contribution in [3.8, 4) is 33.5 Å². The van der Waals surface area contributed by atoms with E-state index in [0.29, 0.717) is 0 Å². The maximum Gasteiger partial charge on any atom is 0.133 e.